The third-order valence-electron chi connectivity index (χ3n) is 5.97. The highest BCUT2D eigenvalue weighted by Gasteiger charge is 2.39. The summed E-state index contributed by atoms with van der Waals surface area (Å²) in [7, 11) is 1.71. The Bertz CT molecular complexity index is 1470. The summed E-state index contributed by atoms with van der Waals surface area (Å²) in [6.07, 6.45) is 6.44. The number of nitrogens with zero attached hydrogens (tertiary/aromatic N) is 6. The Balaban J connectivity index is 1.33. The number of rotatable bonds is 7. The molecule has 174 valence electrons. The van der Waals surface area contributed by atoms with Crippen LogP contribution >= 0.6 is 0 Å². The van der Waals surface area contributed by atoms with Crippen molar-refractivity contribution in [2.75, 3.05) is 17.7 Å². The lowest BCUT2D eigenvalue weighted by Gasteiger charge is -2.11. The smallest absolute Gasteiger partial charge is 0.280 e. The van der Waals surface area contributed by atoms with E-state index >= 15 is 0 Å². The van der Waals surface area contributed by atoms with Crippen LogP contribution in [0.15, 0.2) is 47.7 Å². The predicted molar refractivity (Wildman–Crippen MR) is 123 cm³/mol. The molecule has 0 radical (unpaired) electrons. The zero-order chi connectivity index (χ0) is 23.4. The van der Waals surface area contributed by atoms with Gasteiger partial charge in [-0.15, -0.1) is 0 Å². The SMILES string of the molecule is CNc1cc(Nc2cccn(-c3ccn(C4CC4)n3)c2=O)nc2c(C(=O)N[C@@H]3C[C@@H]3F)cnn12. The summed E-state index contributed by atoms with van der Waals surface area (Å²) < 4.78 is 18.1. The van der Waals surface area contributed by atoms with Crippen molar-refractivity contribution in [3.8, 4) is 5.82 Å². The number of hydrogen-bond donors (Lipinski definition) is 3. The van der Waals surface area contributed by atoms with Crippen LogP contribution in [0.25, 0.3) is 11.5 Å². The molecule has 2 aliphatic rings. The fourth-order valence-electron chi connectivity index (χ4n) is 3.83. The van der Waals surface area contributed by atoms with Crippen LogP contribution in [0.1, 0.15) is 35.7 Å². The van der Waals surface area contributed by atoms with Crippen molar-refractivity contribution in [3.63, 3.8) is 0 Å². The maximum atomic E-state index is 13.2. The van der Waals surface area contributed by atoms with Crippen molar-refractivity contribution in [1.29, 1.82) is 0 Å². The Morgan fingerprint density at radius 1 is 1.24 bits per heavy atom. The van der Waals surface area contributed by atoms with Gasteiger partial charge in [0.1, 0.15) is 29.1 Å². The van der Waals surface area contributed by atoms with Crippen LogP contribution in [0.4, 0.5) is 21.7 Å². The maximum Gasteiger partial charge on any atom is 0.280 e. The molecule has 11 nitrogen and oxygen atoms in total. The van der Waals surface area contributed by atoms with E-state index in [4.69, 9.17) is 0 Å². The zero-order valence-corrected chi connectivity index (χ0v) is 18.3. The molecule has 12 heteroatoms. The van der Waals surface area contributed by atoms with Crippen LogP contribution in [0, 0.1) is 0 Å². The van der Waals surface area contributed by atoms with E-state index in [1.807, 2.05) is 16.9 Å². The molecule has 0 unspecified atom stereocenters. The number of anilines is 3. The number of alkyl halides is 1. The molecule has 4 aromatic heterocycles. The van der Waals surface area contributed by atoms with Gasteiger partial charge < -0.3 is 16.0 Å². The van der Waals surface area contributed by atoms with E-state index < -0.39 is 18.1 Å². The van der Waals surface area contributed by atoms with Gasteiger partial charge in [-0.3, -0.25) is 18.8 Å². The molecule has 0 bridgehead atoms. The van der Waals surface area contributed by atoms with E-state index in [-0.39, 0.29) is 16.8 Å². The molecule has 4 aromatic rings. The molecule has 6 rings (SSSR count). The number of pyridine rings is 1. The van der Waals surface area contributed by atoms with Crippen molar-refractivity contribution in [2.45, 2.75) is 37.5 Å². The first-order valence-corrected chi connectivity index (χ1v) is 11.1. The van der Waals surface area contributed by atoms with Gasteiger partial charge in [0.05, 0.1) is 18.3 Å². The highest BCUT2D eigenvalue weighted by molar-refractivity contribution is 6.00. The van der Waals surface area contributed by atoms with E-state index in [0.29, 0.717) is 35.6 Å². The molecular weight excluding hydrogens is 441 g/mol. The van der Waals surface area contributed by atoms with Gasteiger partial charge in [-0.1, -0.05) is 0 Å². The largest absolute Gasteiger partial charge is 0.373 e. The van der Waals surface area contributed by atoms with Gasteiger partial charge >= 0.3 is 0 Å². The van der Waals surface area contributed by atoms with Gasteiger partial charge in [0.2, 0.25) is 0 Å². The van der Waals surface area contributed by atoms with Crippen molar-refractivity contribution >= 4 is 28.9 Å². The fraction of sp³-hybridized carbons (Fsp3) is 0.318. The number of carbonyl (C=O) groups excluding carboxylic acids is 1. The van der Waals surface area contributed by atoms with Crippen molar-refractivity contribution in [3.05, 3.63) is 58.8 Å². The highest BCUT2D eigenvalue weighted by Crippen LogP contribution is 2.34. The van der Waals surface area contributed by atoms with Gasteiger partial charge in [-0.05, 0) is 25.0 Å². The van der Waals surface area contributed by atoms with E-state index in [1.54, 1.807) is 31.4 Å². The number of hydrogen-bond acceptors (Lipinski definition) is 7. The van der Waals surface area contributed by atoms with Crippen molar-refractivity contribution < 1.29 is 9.18 Å². The molecule has 0 aromatic carbocycles. The normalized spacial score (nSPS) is 19.2. The molecule has 2 aliphatic carbocycles. The van der Waals surface area contributed by atoms with Crippen LogP contribution in [-0.4, -0.2) is 54.1 Å². The summed E-state index contributed by atoms with van der Waals surface area (Å²) in [5.74, 6) is 1.00. The minimum atomic E-state index is -1.01. The third kappa shape index (κ3) is 3.56. The van der Waals surface area contributed by atoms with Crippen LogP contribution in [0.3, 0.4) is 0 Å². The molecule has 34 heavy (non-hydrogen) atoms. The van der Waals surface area contributed by atoms with Crippen LogP contribution in [-0.2, 0) is 0 Å². The summed E-state index contributed by atoms with van der Waals surface area (Å²) in [4.78, 5) is 30.3. The molecule has 2 atom stereocenters. The summed E-state index contributed by atoms with van der Waals surface area (Å²) in [6.45, 7) is 0. The number of nitrogens with one attached hydrogen (secondary N) is 3. The molecule has 0 saturated heterocycles. The molecule has 0 aliphatic heterocycles. The topological polar surface area (TPSA) is 123 Å². The van der Waals surface area contributed by atoms with Crippen LogP contribution in [0.2, 0.25) is 0 Å². The lowest BCUT2D eigenvalue weighted by molar-refractivity contribution is 0.0949. The van der Waals surface area contributed by atoms with Gasteiger partial charge in [0.15, 0.2) is 11.5 Å². The molecule has 1 amide bonds. The fourth-order valence-corrected chi connectivity index (χ4v) is 3.83. The second-order valence-corrected chi connectivity index (χ2v) is 8.51. The summed E-state index contributed by atoms with van der Waals surface area (Å²) in [5, 5.41) is 17.5. The Morgan fingerprint density at radius 3 is 2.79 bits per heavy atom. The monoisotopic (exact) mass is 463 g/mol. The van der Waals surface area contributed by atoms with Crippen molar-refractivity contribution in [1.82, 2.24) is 34.3 Å². The number of carbonyl (C=O) groups is 1. The number of fused-ring (bicyclic) bond motifs is 1. The van der Waals surface area contributed by atoms with Crippen molar-refractivity contribution in [2.24, 2.45) is 0 Å². The average Bonchev–Trinajstić information content (AvgIpc) is 3.69. The number of aromatic nitrogens is 6. The van der Waals surface area contributed by atoms with Gasteiger partial charge in [0.25, 0.3) is 11.5 Å². The summed E-state index contributed by atoms with van der Waals surface area (Å²) >= 11 is 0. The lowest BCUT2D eigenvalue weighted by atomic mass is 10.3. The third-order valence-corrected chi connectivity index (χ3v) is 5.97. The number of amides is 1. The van der Waals surface area contributed by atoms with Gasteiger partial charge in [-0.25, -0.2) is 9.37 Å². The average molecular weight is 463 g/mol. The lowest BCUT2D eigenvalue weighted by Crippen LogP contribution is -2.27. The van der Waals surface area contributed by atoms with Gasteiger partial charge in [-0.2, -0.15) is 14.7 Å². The molecule has 4 heterocycles. The summed E-state index contributed by atoms with van der Waals surface area (Å²) in [6, 6.07) is 6.83. The first-order valence-electron chi connectivity index (χ1n) is 11.1. The van der Waals surface area contributed by atoms with E-state index in [2.05, 4.69) is 31.1 Å². The molecule has 2 fully saturated rings. The summed E-state index contributed by atoms with van der Waals surface area (Å²) in [5.41, 5.74) is 0.509. The Morgan fingerprint density at radius 2 is 2.06 bits per heavy atom. The standard InChI is InChI=1S/C22H22FN9O2/c1-24-19-10-17(28-20-13(11-25-32(19)20)21(33)27-16-9-14(16)23)26-15-3-2-7-30(22(15)34)18-6-8-31(29-18)12-4-5-12/h2-3,6-8,10-12,14,16,24H,4-5,9H2,1H3,(H,26,28)(H,27,33)/t14-,16+/m0/s1. The Kier molecular flexibility index (Phi) is 4.61. The second kappa shape index (κ2) is 7.68. The first kappa shape index (κ1) is 20.4. The second-order valence-electron chi connectivity index (χ2n) is 8.51. The van der Waals surface area contributed by atoms with E-state index in [1.165, 1.54) is 15.3 Å². The van der Waals surface area contributed by atoms with Crippen LogP contribution in [0.5, 0.6) is 0 Å². The molecule has 0 spiro atoms. The molecule has 2 saturated carbocycles. The minimum absolute atomic E-state index is 0.218. The number of halogens is 1. The van der Waals surface area contributed by atoms with Crippen LogP contribution < -0.4 is 21.5 Å². The maximum absolute atomic E-state index is 13.2. The minimum Gasteiger partial charge on any atom is -0.373 e. The molecular formula is C22H22FN9O2. The van der Waals surface area contributed by atoms with Gasteiger partial charge in [0, 0.05) is 38.0 Å². The Hall–Kier alpha value is -4.22. The Labute approximate surface area is 192 Å². The highest BCUT2D eigenvalue weighted by atomic mass is 19.1. The zero-order valence-electron chi connectivity index (χ0n) is 18.3. The van der Waals surface area contributed by atoms with E-state index in [9.17, 15) is 14.0 Å². The first-order chi connectivity index (χ1) is 16.5. The predicted octanol–water partition coefficient (Wildman–Crippen LogP) is 2.04. The van der Waals surface area contributed by atoms with E-state index in [0.717, 1.165) is 12.8 Å². The molecule has 3 N–H and O–H groups in total. The quantitative estimate of drug-likeness (QED) is 0.383.